The van der Waals surface area contributed by atoms with E-state index in [1.54, 1.807) is 19.0 Å². The van der Waals surface area contributed by atoms with E-state index in [2.05, 4.69) is 4.90 Å². The quantitative estimate of drug-likeness (QED) is 0.860. The summed E-state index contributed by atoms with van der Waals surface area (Å²) in [6.45, 7) is 3.57. The molecule has 0 bridgehead atoms. The Labute approximate surface area is 132 Å². The van der Waals surface area contributed by atoms with E-state index in [1.165, 1.54) is 0 Å². The molecule has 5 nitrogen and oxygen atoms in total. The third kappa shape index (κ3) is 4.45. The molecule has 1 aromatic carbocycles. The van der Waals surface area contributed by atoms with E-state index < -0.39 is 6.10 Å². The van der Waals surface area contributed by atoms with Crippen molar-refractivity contribution in [2.24, 2.45) is 0 Å². The number of ether oxygens (including phenoxy) is 1. The first kappa shape index (κ1) is 16.8. The molecule has 1 aromatic rings. The summed E-state index contributed by atoms with van der Waals surface area (Å²) in [6, 6.07) is 7.66. The maximum absolute atomic E-state index is 12.1. The summed E-state index contributed by atoms with van der Waals surface area (Å²) in [5.74, 6) is 0.880. The summed E-state index contributed by atoms with van der Waals surface area (Å²) in [6.07, 6.45) is 1.26. The van der Waals surface area contributed by atoms with Crippen molar-refractivity contribution in [1.29, 1.82) is 0 Å². The summed E-state index contributed by atoms with van der Waals surface area (Å²) < 4.78 is 5.63. The fraction of sp³-hybridized carbons (Fsp3) is 0.588. The van der Waals surface area contributed by atoms with Gasteiger partial charge in [-0.05, 0) is 44.0 Å². The van der Waals surface area contributed by atoms with Crippen molar-refractivity contribution < 1.29 is 14.6 Å². The number of rotatable bonds is 6. The lowest BCUT2D eigenvalue weighted by atomic mass is 10.2. The number of likely N-dealkylation sites (tertiary alicyclic amines) is 1. The number of likely N-dealkylation sites (N-methyl/N-ethyl adjacent to an activating group) is 1. The predicted molar refractivity (Wildman–Crippen MR) is 86.0 cm³/mol. The van der Waals surface area contributed by atoms with Gasteiger partial charge in [-0.25, -0.2) is 0 Å². The molecule has 0 aliphatic carbocycles. The maximum atomic E-state index is 12.1. The average molecular weight is 306 g/mol. The number of carbonyl (C=O) groups excluding carboxylic acids is 1. The van der Waals surface area contributed by atoms with Gasteiger partial charge >= 0.3 is 0 Å². The van der Waals surface area contributed by atoms with Crippen LogP contribution in [0.2, 0.25) is 0 Å². The maximum Gasteiger partial charge on any atom is 0.239 e. The molecule has 1 saturated heterocycles. The summed E-state index contributed by atoms with van der Waals surface area (Å²) >= 11 is 0. The van der Waals surface area contributed by atoms with Crippen LogP contribution in [0.5, 0.6) is 5.75 Å². The third-order valence-electron chi connectivity index (χ3n) is 3.97. The first-order chi connectivity index (χ1) is 10.5. The van der Waals surface area contributed by atoms with Gasteiger partial charge in [0.15, 0.2) is 0 Å². The second-order valence-corrected chi connectivity index (χ2v) is 6.17. The number of hydrogen-bond donors (Lipinski definition) is 1. The van der Waals surface area contributed by atoms with Crippen molar-refractivity contribution >= 4 is 5.91 Å². The molecule has 1 aliphatic rings. The van der Waals surface area contributed by atoms with Crippen molar-refractivity contribution in [2.45, 2.75) is 31.9 Å². The van der Waals surface area contributed by atoms with Crippen LogP contribution in [0.1, 0.15) is 18.4 Å². The number of aliphatic hydroxyl groups excluding tert-OH is 1. The Morgan fingerprint density at radius 1 is 1.50 bits per heavy atom. The van der Waals surface area contributed by atoms with Crippen LogP contribution in [0, 0.1) is 6.92 Å². The number of hydrogen-bond acceptors (Lipinski definition) is 4. The standard InChI is InChI=1S/C17H26N2O3/c1-13-6-4-7-15(10-13)22-12-14(20)11-19-9-5-8-16(19)17(21)18(2)3/h4,6-7,10,14,16,20H,5,8-9,11-12H2,1-3H3. The van der Waals surface area contributed by atoms with Crippen molar-refractivity contribution in [3.05, 3.63) is 29.8 Å². The van der Waals surface area contributed by atoms with E-state index in [4.69, 9.17) is 4.74 Å². The highest BCUT2D eigenvalue weighted by molar-refractivity contribution is 5.81. The molecule has 0 saturated carbocycles. The smallest absolute Gasteiger partial charge is 0.239 e. The Bertz CT molecular complexity index is 504. The van der Waals surface area contributed by atoms with Gasteiger partial charge in [-0.2, -0.15) is 0 Å². The molecule has 2 unspecified atom stereocenters. The molecule has 1 aliphatic heterocycles. The minimum absolute atomic E-state index is 0.108. The molecule has 1 fully saturated rings. The zero-order chi connectivity index (χ0) is 16.1. The molecule has 0 radical (unpaired) electrons. The first-order valence-electron chi connectivity index (χ1n) is 7.80. The SMILES string of the molecule is Cc1cccc(OCC(O)CN2CCCC2C(=O)N(C)C)c1. The Balaban J connectivity index is 1.83. The van der Waals surface area contributed by atoms with Crippen molar-refractivity contribution in [3.63, 3.8) is 0 Å². The highest BCUT2D eigenvalue weighted by atomic mass is 16.5. The summed E-state index contributed by atoms with van der Waals surface area (Å²) in [5, 5.41) is 10.2. The molecule has 1 amide bonds. The minimum Gasteiger partial charge on any atom is -0.491 e. The lowest BCUT2D eigenvalue weighted by Gasteiger charge is -2.27. The molecular formula is C17H26N2O3. The zero-order valence-electron chi connectivity index (χ0n) is 13.7. The Kier molecular flexibility index (Phi) is 5.80. The monoisotopic (exact) mass is 306 g/mol. The van der Waals surface area contributed by atoms with Crippen LogP contribution in [0.4, 0.5) is 0 Å². The van der Waals surface area contributed by atoms with E-state index in [-0.39, 0.29) is 18.6 Å². The molecule has 2 atom stereocenters. The first-order valence-corrected chi connectivity index (χ1v) is 7.80. The number of nitrogens with zero attached hydrogens (tertiary/aromatic N) is 2. The Morgan fingerprint density at radius 3 is 2.95 bits per heavy atom. The lowest BCUT2D eigenvalue weighted by molar-refractivity contribution is -0.133. The van der Waals surface area contributed by atoms with Gasteiger partial charge in [-0.1, -0.05) is 12.1 Å². The fourth-order valence-corrected chi connectivity index (χ4v) is 2.84. The van der Waals surface area contributed by atoms with Gasteiger partial charge in [0.2, 0.25) is 5.91 Å². The second kappa shape index (κ2) is 7.61. The van der Waals surface area contributed by atoms with Crippen molar-refractivity contribution in [1.82, 2.24) is 9.80 Å². The van der Waals surface area contributed by atoms with Gasteiger partial charge in [0.1, 0.15) is 18.5 Å². The molecule has 2 rings (SSSR count). The molecule has 0 spiro atoms. The van der Waals surface area contributed by atoms with E-state index in [0.717, 1.165) is 30.7 Å². The van der Waals surface area contributed by atoms with Crippen LogP contribution in [-0.2, 0) is 4.79 Å². The van der Waals surface area contributed by atoms with Crippen LogP contribution in [0.15, 0.2) is 24.3 Å². The van der Waals surface area contributed by atoms with E-state index in [0.29, 0.717) is 6.54 Å². The van der Waals surface area contributed by atoms with Gasteiger partial charge < -0.3 is 14.7 Å². The Morgan fingerprint density at radius 2 is 2.27 bits per heavy atom. The number of amides is 1. The van der Waals surface area contributed by atoms with Gasteiger partial charge in [-0.15, -0.1) is 0 Å². The normalized spacial score (nSPS) is 19.9. The molecule has 22 heavy (non-hydrogen) atoms. The van der Waals surface area contributed by atoms with Gasteiger partial charge in [0.25, 0.3) is 0 Å². The van der Waals surface area contributed by atoms with E-state index in [1.807, 2.05) is 31.2 Å². The van der Waals surface area contributed by atoms with Crippen LogP contribution >= 0.6 is 0 Å². The van der Waals surface area contributed by atoms with Crippen LogP contribution < -0.4 is 4.74 Å². The minimum atomic E-state index is -0.601. The highest BCUT2D eigenvalue weighted by Crippen LogP contribution is 2.19. The number of β-amino-alcohol motifs (C(OH)–C–C–N with tert-alkyl or cyclic N) is 1. The lowest BCUT2D eigenvalue weighted by Crippen LogP contribution is -2.46. The average Bonchev–Trinajstić information content (AvgIpc) is 2.92. The molecular weight excluding hydrogens is 280 g/mol. The summed E-state index contributed by atoms with van der Waals surface area (Å²) in [7, 11) is 3.55. The van der Waals surface area contributed by atoms with Gasteiger partial charge in [0, 0.05) is 20.6 Å². The van der Waals surface area contributed by atoms with E-state index >= 15 is 0 Å². The Hall–Kier alpha value is -1.59. The van der Waals surface area contributed by atoms with Crippen molar-refractivity contribution in [2.75, 3.05) is 33.8 Å². The van der Waals surface area contributed by atoms with Gasteiger partial charge in [-0.3, -0.25) is 9.69 Å². The molecule has 1 N–H and O–H groups in total. The van der Waals surface area contributed by atoms with E-state index in [9.17, 15) is 9.90 Å². The molecule has 0 aromatic heterocycles. The zero-order valence-corrected chi connectivity index (χ0v) is 13.7. The molecule has 122 valence electrons. The number of benzene rings is 1. The summed E-state index contributed by atoms with van der Waals surface area (Å²) in [5.41, 5.74) is 1.13. The highest BCUT2D eigenvalue weighted by Gasteiger charge is 2.32. The largest absolute Gasteiger partial charge is 0.491 e. The van der Waals surface area contributed by atoms with Gasteiger partial charge in [0.05, 0.1) is 6.04 Å². The van der Waals surface area contributed by atoms with Crippen LogP contribution in [-0.4, -0.2) is 66.8 Å². The van der Waals surface area contributed by atoms with Crippen LogP contribution in [0.3, 0.4) is 0 Å². The number of carbonyl (C=O) groups is 1. The van der Waals surface area contributed by atoms with Crippen LogP contribution in [0.25, 0.3) is 0 Å². The fourth-order valence-electron chi connectivity index (χ4n) is 2.84. The molecule has 5 heteroatoms. The second-order valence-electron chi connectivity index (χ2n) is 6.17. The molecule has 1 heterocycles. The topological polar surface area (TPSA) is 53.0 Å². The third-order valence-corrected chi connectivity index (χ3v) is 3.97. The predicted octanol–water partition coefficient (Wildman–Crippen LogP) is 1.29. The summed E-state index contributed by atoms with van der Waals surface area (Å²) in [4.78, 5) is 15.8. The number of aryl methyl sites for hydroxylation is 1. The number of aliphatic hydroxyl groups is 1. The van der Waals surface area contributed by atoms with Crippen molar-refractivity contribution in [3.8, 4) is 5.75 Å².